The van der Waals surface area contributed by atoms with E-state index in [1.54, 1.807) is 12.1 Å². The summed E-state index contributed by atoms with van der Waals surface area (Å²) in [5.74, 6) is 0. The first-order valence-electron chi connectivity index (χ1n) is 5.71. The summed E-state index contributed by atoms with van der Waals surface area (Å²) in [7, 11) is 0. The smallest absolute Gasteiger partial charge is 0.270 e. The van der Waals surface area contributed by atoms with E-state index in [1.165, 1.54) is 6.07 Å². The number of rotatable bonds is 7. The summed E-state index contributed by atoms with van der Waals surface area (Å²) < 4.78 is 0.780. The van der Waals surface area contributed by atoms with E-state index in [0.717, 1.165) is 29.5 Å². The van der Waals surface area contributed by atoms with Gasteiger partial charge in [-0.3, -0.25) is 10.1 Å². The fourth-order valence-electron chi connectivity index (χ4n) is 1.44. The highest BCUT2D eigenvalue weighted by Crippen LogP contribution is 2.22. The van der Waals surface area contributed by atoms with Gasteiger partial charge < -0.3 is 5.32 Å². The average molecular weight is 333 g/mol. The summed E-state index contributed by atoms with van der Waals surface area (Å²) in [6.45, 7) is 3.87. The minimum absolute atomic E-state index is 0.113. The number of halogens is 1. The van der Waals surface area contributed by atoms with Crippen LogP contribution in [0.4, 0.5) is 5.69 Å². The van der Waals surface area contributed by atoms with Crippen LogP contribution < -0.4 is 5.32 Å². The zero-order valence-electron chi connectivity index (χ0n) is 10.5. The summed E-state index contributed by atoms with van der Waals surface area (Å²) in [4.78, 5) is 10.2. The number of non-ortho nitro benzene ring substituents is 1. The van der Waals surface area contributed by atoms with Gasteiger partial charge in [-0.15, -0.1) is 0 Å². The van der Waals surface area contributed by atoms with Crippen molar-refractivity contribution in [1.29, 1.82) is 0 Å². The fraction of sp³-hybridized carbons (Fsp3) is 0.500. The molecule has 0 aliphatic heterocycles. The third kappa shape index (κ3) is 4.96. The molecule has 0 radical (unpaired) electrons. The molecule has 1 atom stereocenters. The van der Waals surface area contributed by atoms with Gasteiger partial charge in [-0.05, 0) is 30.9 Å². The van der Waals surface area contributed by atoms with Gasteiger partial charge in [-0.2, -0.15) is 11.8 Å². The van der Waals surface area contributed by atoms with Crippen LogP contribution in [0.3, 0.4) is 0 Å². The van der Waals surface area contributed by atoms with Crippen molar-refractivity contribution in [3.05, 3.63) is 38.3 Å². The van der Waals surface area contributed by atoms with Crippen LogP contribution in [-0.2, 0) is 6.54 Å². The Morgan fingerprint density at radius 3 is 2.83 bits per heavy atom. The Bertz CT molecular complexity index is 415. The molecular formula is C12H17BrN2O2S. The van der Waals surface area contributed by atoms with Gasteiger partial charge in [-0.1, -0.05) is 22.9 Å². The van der Waals surface area contributed by atoms with Crippen LogP contribution in [0.15, 0.2) is 22.7 Å². The number of nitro benzene ring substituents is 1. The highest BCUT2D eigenvalue weighted by molar-refractivity contribution is 9.10. The van der Waals surface area contributed by atoms with Crippen LogP contribution in [-0.4, -0.2) is 23.0 Å². The van der Waals surface area contributed by atoms with E-state index < -0.39 is 0 Å². The molecule has 0 aliphatic carbocycles. The van der Waals surface area contributed by atoms with Gasteiger partial charge >= 0.3 is 0 Å². The van der Waals surface area contributed by atoms with E-state index in [2.05, 4.69) is 34.4 Å². The summed E-state index contributed by atoms with van der Waals surface area (Å²) in [6, 6.07) is 4.86. The Morgan fingerprint density at radius 1 is 1.56 bits per heavy atom. The zero-order chi connectivity index (χ0) is 13.5. The maximum absolute atomic E-state index is 10.6. The molecule has 0 saturated heterocycles. The van der Waals surface area contributed by atoms with E-state index >= 15 is 0 Å². The Kier molecular flexibility index (Phi) is 6.67. The minimum atomic E-state index is -0.387. The molecule has 1 aromatic rings. The van der Waals surface area contributed by atoms with Gasteiger partial charge in [0.1, 0.15) is 0 Å². The Hall–Kier alpha value is -0.590. The second kappa shape index (κ2) is 7.76. The maximum atomic E-state index is 10.6. The number of nitrogens with zero attached hydrogens (tertiary/aromatic N) is 1. The third-order valence-electron chi connectivity index (χ3n) is 2.69. The maximum Gasteiger partial charge on any atom is 0.270 e. The standard InChI is InChI=1S/C12H17BrN2O2S/c1-9(18-2)5-6-14-8-10-3-4-11(15(16)17)7-12(10)13/h3-4,7,9,14H,5-6,8H2,1-2H3. The number of thioether (sulfide) groups is 1. The van der Waals surface area contributed by atoms with E-state index in [-0.39, 0.29) is 10.6 Å². The van der Waals surface area contributed by atoms with Crippen molar-refractivity contribution in [1.82, 2.24) is 5.32 Å². The molecule has 0 aromatic heterocycles. The summed E-state index contributed by atoms with van der Waals surface area (Å²) in [6.07, 6.45) is 3.23. The first-order valence-corrected chi connectivity index (χ1v) is 7.79. The topological polar surface area (TPSA) is 55.2 Å². The molecule has 1 rings (SSSR count). The lowest BCUT2D eigenvalue weighted by atomic mass is 10.2. The molecule has 0 spiro atoms. The van der Waals surface area contributed by atoms with Crippen LogP contribution in [0.5, 0.6) is 0 Å². The SMILES string of the molecule is CSC(C)CCNCc1ccc([N+](=O)[O-])cc1Br. The van der Waals surface area contributed by atoms with Crippen LogP contribution in [0.1, 0.15) is 18.9 Å². The predicted octanol–water partition coefficient (Wildman–Crippen LogP) is 3.59. The number of benzene rings is 1. The number of nitrogens with one attached hydrogen (secondary N) is 1. The van der Waals surface area contributed by atoms with Gasteiger partial charge in [0.15, 0.2) is 0 Å². The monoisotopic (exact) mass is 332 g/mol. The van der Waals surface area contributed by atoms with Crippen LogP contribution in [0, 0.1) is 10.1 Å². The van der Waals surface area contributed by atoms with Gasteiger partial charge in [0.05, 0.1) is 4.92 Å². The van der Waals surface area contributed by atoms with E-state index in [9.17, 15) is 10.1 Å². The van der Waals surface area contributed by atoms with Crippen LogP contribution in [0.25, 0.3) is 0 Å². The van der Waals surface area contributed by atoms with Gasteiger partial charge in [0, 0.05) is 28.4 Å². The van der Waals surface area contributed by atoms with E-state index in [0.29, 0.717) is 5.25 Å². The van der Waals surface area contributed by atoms with Crippen molar-refractivity contribution in [2.75, 3.05) is 12.8 Å². The quantitative estimate of drug-likeness (QED) is 0.471. The normalized spacial score (nSPS) is 12.4. The van der Waals surface area contributed by atoms with Crippen molar-refractivity contribution < 1.29 is 4.92 Å². The molecule has 1 N–H and O–H groups in total. The Morgan fingerprint density at radius 2 is 2.28 bits per heavy atom. The third-order valence-corrected chi connectivity index (χ3v) is 4.47. The molecular weight excluding hydrogens is 316 g/mol. The minimum Gasteiger partial charge on any atom is -0.313 e. The first kappa shape index (κ1) is 15.5. The summed E-state index contributed by atoms with van der Waals surface area (Å²) in [5.41, 5.74) is 1.15. The second-order valence-electron chi connectivity index (χ2n) is 4.04. The molecule has 0 bridgehead atoms. The lowest BCUT2D eigenvalue weighted by Gasteiger charge is -2.10. The lowest BCUT2D eigenvalue weighted by molar-refractivity contribution is -0.384. The van der Waals surface area contributed by atoms with Gasteiger partial charge in [0.2, 0.25) is 0 Å². The molecule has 0 saturated carbocycles. The fourth-order valence-corrected chi connectivity index (χ4v) is 2.30. The van der Waals surface area contributed by atoms with E-state index in [1.807, 2.05) is 11.8 Å². The van der Waals surface area contributed by atoms with Crippen LogP contribution in [0.2, 0.25) is 0 Å². The van der Waals surface area contributed by atoms with E-state index in [4.69, 9.17) is 0 Å². The predicted molar refractivity (Wildman–Crippen MR) is 80.1 cm³/mol. The highest BCUT2D eigenvalue weighted by atomic mass is 79.9. The summed E-state index contributed by atoms with van der Waals surface area (Å²) in [5, 5.41) is 14.6. The summed E-state index contributed by atoms with van der Waals surface area (Å²) >= 11 is 5.22. The second-order valence-corrected chi connectivity index (χ2v) is 6.18. The molecule has 0 fully saturated rings. The van der Waals surface area contributed by atoms with Gasteiger partial charge in [0.25, 0.3) is 5.69 Å². The molecule has 0 aliphatic rings. The number of hydrogen-bond donors (Lipinski definition) is 1. The molecule has 0 heterocycles. The van der Waals surface area contributed by atoms with Crippen LogP contribution >= 0.6 is 27.7 Å². The molecule has 4 nitrogen and oxygen atoms in total. The molecule has 1 aromatic carbocycles. The molecule has 100 valence electrons. The Labute approximate surface area is 120 Å². The molecule has 1 unspecified atom stereocenters. The molecule has 0 amide bonds. The van der Waals surface area contributed by atoms with Crippen molar-refractivity contribution in [3.8, 4) is 0 Å². The van der Waals surface area contributed by atoms with Crippen molar-refractivity contribution in [2.45, 2.75) is 25.1 Å². The number of hydrogen-bond acceptors (Lipinski definition) is 4. The van der Waals surface area contributed by atoms with Crippen molar-refractivity contribution in [3.63, 3.8) is 0 Å². The Balaban J connectivity index is 2.46. The average Bonchev–Trinajstić information content (AvgIpc) is 2.35. The van der Waals surface area contributed by atoms with Crippen molar-refractivity contribution in [2.24, 2.45) is 0 Å². The number of nitro groups is 1. The lowest BCUT2D eigenvalue weighted by Crippen LogP contribution is -2.17. The largest absolute Gasteiger partial charge is 0.313 e. The van der Waals surface area contributed by atoms with Crippen molar-refractivity contribution >= 4 is 33.4 Å². The highest BCUT2D eigenvalue weighted by Gasteiger charge is 2.08. The first-order chi connectivity index (χ1) is 8.54. The molecule has 6 heteroatoms. The molecule has 18 heavy (non-hydrogen) atoms. The van der Waals surface area contributed by atoms with Gasteiger partial charge in [-0.25, -0.2) is 0 Å². The zero-order valence-corrected chi connectivity index (χ0v) is 12.9.